The Morgan fingerprint density at radius 1 is 1.62 bits per heavy atom. The zero-order valence-electron chi connectivity index (χ0n) is 7.82. The molecule has 0 amide bonds. The van der Waals surface area contributed by atoms with E-state index < -0.39 is 5.97 Å². The minimum Gasteiger partial charge on any atom is -0.481 e. The number of aliphatic carboxylic acids is 1. The molecule has 0 fully saturated rings. The molecule has 0 saturated heterocycles. The van der Waals surface area contributed by atoms with Gasteiger partial charge in [0.2, 0.25) is 0 Å². The molecular weight excluding hydrogens is 166 g/mol. The summed E-state index contributed by atoms with van der Waals surface area (Å²) < 4.78 is 0. The van der Waals surface area contributed by atoms with E-state index in [2.05, 4.69) is 4.98 Å². The molecule has 0 spiro atoms. The molecule has 1 aromatic heterocycles. The van der Waals surface area contributed by atoms with Crippen LogP contribution in [-0.4, -0.2) is 16.1 Å². The highest BCUT2D eigenvalue weighted by molar-refractivity contribution is 5.70. The first-order valence-electron chi connectivity index (χ1n) is 4.27. The van der Waals surface area contributed by atoms with Gasteiger partial charge in [-0.25, -0.2) is 0 Å². The van der Waals surface area contributed by atoms with Crippen molar-refractivity contribution in [3.8, 4) is 0 Å². The lowest BCUT2D eigenvalue weighted by Gasteiger charge is -2.08. The van der Waals surface area contributed by atoms with Crippen molar-refractivity contribution < 1.29 is 9.90 Å². The largest absolute Gasteiger partial charge is 0.481 e. The summed E-state index contributed by atoms with van der Waals surface area (Å²) in [6, 6.07) is 3.76. The second-order valence-electron chi connectivity index (χ2n) is 3.26. The lowest BCUT2D eigenvalue weighted by atomic mass is 10.0. The van der Waals surface area contributed by atoms with Gasteiger partial charge in [-0.05, 0) is 17.5 Å². The van der Waals surface area contributed by atoms with Gasteiger partial charge in [-0.3, -0.25) is 9.78 Å². The van der Waals surface area contributed by atoms with Crippen molar-refractivity contribution in [3.63, 3.8) is 0 Å². The van der Waals surface area contributed by atoms with E-state index in [4.69, 9.17) is 5.11 Å². The van der Waals surface area contributed by atoms with Crippen molar-refractivity contribution in [1.29, 1.82) is 0 Å². The predicted octanol–water partition coefficient (Wildman–Crippen LogP) is 1.83. The summed E-state index contributed by atoms with van der Waals surface area (Å²) in [6.45, 7) is 4.06. The Morgan fingerprint density at radius 2 is 2.31 bits per heavy atom. The number of pyridine rings is 1. The van der Waals surface area contributed by atoms with Crippen molar-refractivity contribution in [2.24, 2.45) is 0 Å². The van der Waals surface area contributed by atoms with Gasteiger partial charge >= 0.3 is 5.97 Å². The van der Waals surface area contributed by atoms with Crippen LogP contribution in [0.15, 0.2) is 18.3 Å². The van der Waals surface area contributed by atoms with Crippen LogP contribution in [0.4, 0.5) is 0 Å². The average molecular weight is 179 g/mol. The van der Waals surface area contributed by atoms with Gasteiger partial charge in [0.1, 0.15) is 0 Å². The smallest absolute Gasteiger partial charge is 0.309 e. The molecule has 3 heteroatoms. The van der Waals surface area contributed by atoms with E-state index in [1.807, 2.05) is 26.0 Å². The van der Waals surface area contributed by atoms with Gasteiger partial charge in [-0.1, -0.05) is 19.9 Å². The molecule has 13 heavy (non-hydrogen) atoms. The lowest BCUT2D eigenvalue weighted by molar-refractivity contribution is -0.136. The van der Waals surface area contributed by atoms with Crippen LogP contribution in [0.3, 0.4) is 0 Å². The van der Waals surface area contributed by atoms with Gasteiger partial charge in [0.05, 0.1) is 12.1 Å². The minimum absolute atomic E-state index is 0.00829. The van der Waals surface area contributed by atoms with Crippen LogP contribution in [-0.2, 0) is 11.2 Å². The Hall–Kier alpha value is -1.38. The summed E-state index contributed by atoms with van der Waals surface area (Å²) in [5, 5.41) is 8.63. The van der Waals surface area contributed by atoms with Gasteiger partial charge in [-0.15, -0.1) is 0 Å². The van der Waals surface area contributed by atoms with E-state index in [1.54, 1.807) is 6.20 Å². The SMILES string of the molecule is CC(C)c1cccnc1CC(=O)O. The highest BCUT2D eigenvalue weighted by atomic mass is 16.4. The summed E-state index contributed by atoms with van der Waals surface area (Å²) in [4.78, 5) is 14.6. The maximum Gasteiger partial charge on any atom is 0.309 e. The first-order valence-corrected chi connectivity index (χ1v) is 4.27. The van der Waals surface area contributed by atoms with Crippen LogP contribution in [0.1, 0.15) is 31.0 Å². The summed E-state index contributed by atoms with van der Waals surface area (Å²) in [7, 11) is 0. The topological polar surface area (TPSA) is 50.2 Å². The molecule has 0 unspecified atom stereocenters. The van der Waals surface area contributed by atoms with Crippen molar-refractivity contribution in [3.05, 3.63) is 29.6 Å². The average Bonchev–Trinajstić information content (AvgIpc) is 2.03. The molecule has 0 aromatic carbocycles. The third-order valence-electron chi connectivity index (χ3n) is 1.87. The number of carboxylic acid groups (broad SMARTS) is 1. The minimum atomic E-state index is -0.833. The van der Waals surface area contributed by atoms with Crippen LogP contribution in [0, 0.1) is 0 Å². The molecule has 70 valence electrons. The number of hydrogen-bond acceptors (Lipinski definition) is 2. The summed E-state index contributed by atoms with van der Waals surface area (Å²) in [5.74, 6) is -0.511. The van der Waals surface area contributed by atoms with E-state index in [1.165, 1.54) is 0 Å². The second-order valence-corrected chi connectivity index (χ2v) is 3.26. The molecule has 0 aliphatic heterocycles. The summed E-state index contributed by atoms with van der Waals surface area (Å²) in [5.41, 5.74) is 1.69. The Labute approximate surface area is 77.4 Å². The molecular formula is C10H13NO2. The van der Waals surface area contributed by atoms with Crippen molar-refractivity contribution >= 4 is 5.97 Å². The first kappa shape index (κ1) is 9.71. The van der Waals surface area contributed by atoms with Crippen LogP contribution in [0.5, 0.6) is 0 Å². The number of carbonyl (C=O) groups is 1. The van der Waals surface area contributed by atoms with E-state index >= 15 is 0 Å². The van der Waals surface area contributed by atoms with E-state index in [0.717, 1.165) is 5.56 Å². The molecule has 0 aliphatic carbocycles. The van der Waals surface area contributed by atoms with Gasteiger partial charge in [0.25, 0.3) is 0 Å². The van der Waals surface area contributed by atoms with Gasteiger partial charge in [0.15, 0.2) is 0 Å². The van der Waals surface area contributed by atoms with Crippen molar-refractivity contribution in [2.45, 2.75) is 26.2 Å². The number of aromatic nitrogens is 1. The molecule has 0 saturated carbocycles. The van der Waals surface area contributed by atoms with Gasteiger partial charge < -0.3 is 5.11 Å². The predicted molar refractivity (Wildman–Crippen MR) is 49.7 cm³/mol. The highest BCUT2D eigenvalue weighted by Crippen LogP contribution is 2.17. The van der Waals surface area contributed by atoms with Crippen LogP contribution >= 0.6 is 0 Å². The third kappa shape index (κ3) is 2.54. The molecule has 0 aliphatic rings. The first-order chi connectivity index (χ1) is 6.11. The molecule has 1 aromatic rings. The Bertz CT molecular complexity index is 308. The number of hydrogen-bond donors (Lipinski definition) is 1. The molecule has 0 radical (unpaired) electrons. The Kier molecular flexibility index (Phi) is 3.01. The van der Waals surface area contributed by atoms with Crippen LogP contribution in [0.25, 0.3) is 0 Å². The molecule has 1 N–H and O–H groups in total. The monoisotopic (exact) mass is 179 g/mol. The third-order valence-corrected chi connectivity index (χ3v) is 1.87. The van der Waals surface area contributed by atoms with Crippen molar-refractivity contribution in [1.82, 2.24) is 4.98 Å². The molecule has 0 bridgehead atoms. The van der Waals surface area contributed by atoms with Crippen LogP contribution in [0.2, 0.25) is 0 Å². The fourth-order valence-corrected chi connectivity index (χ4v) is 1.27. The molecule has 1 heterocycles. The quantitative estimate of drug-likeness (QED) is 0.770. The molecule has 3 nitrogen and oxygen atoms in total. The van der Waals surface area contributed by atoms with Gasteiger partial charge in [-0.2, -0.15) is 0 Å². The highest BCUT2D eigenvalue weighted by Gasteiger charge is 2.09. The zero-order chi connectivity index (χ0) is 9.84. The second kappa shape index (κ2) is 4.03. The summed E-state index contributed by atoms with van der Waals surface area (Å²) >= 11 is 0. The zero-order valence-corrected chi connectivity index (χ0v) is 7.82. The maximum atomic E-state index is 10.5. The molecule has 1 rings (SSSR count). The van der Waals surface area contributed by atoms with Crippen molar-refractivity contribution in [2.75, 3.05) is 0 Å². The van der Waals surface area contributed by atoms with E-state index in [-0.39, 0.29) is 6.42 Å². The maximum absolute atomic E-state index is 10.5. The fourth-order valence-electron chi connectivity index (χ4n) is 1.27. The molecule has 0 atom stereocenters. The Morgan fingerprint density at radius 3 is 2.85 bits per heavy atom. The Balaban J connectivity index is 2.97. The number of rotatable bonds is 3. The summed E-state index contributed by atoms with van der Waals surface area (Å²) in [6.07, 6.45) is 1.64. The standard InChI is InChI=1S/C10H13NO2/c1-7(2)8-4-3-5-11-9(8)6-10(12)13/h3-5,7H,6H2,1-2H3,(H,12,13). The van der Waals surface area contributed by atoms with E-state index in [9.17, 15) is 4.79 Å². The normalized spacial score (nSPS) is 10.4. The fraction of sp³-hybridized carbons (Fsp3) is 0.400. The van der Waals surface area contributed by atoms with Gasteiger partial charge in [0, 0.05) is 6.20 Å². The van der Waals surface area contributed by atoms with Crippen LogP contribution < -0.4 is 0 Å². The number of carboxylic acids is 1. The lowest BCUT2D eigenvalue weighted by Crippen LogP contribution is -2.06. The number of nitrogens with zero attached hydrogens (tertiary/aromatic N) is 1. The van der Waals surface area contributed by atoms with E-state index in [0.29, 0.717) is 11.6 Å².